The number of hydrogen-bond donors (Lipinski definition) is 3. The monoisotopic (exact) mass is 471 g/mol. The van der Waals surface area contributed by atoms with Crippen molar-refractivity contribution in [3.05, 3.63) is 84.1 Å². The van der Waals surface area contributed by atoms with Crippen LogP contribution in [0.2, 0.25) is 0 Å². The number of amides is 3. The fourth-order valence-corrected chi connectivity index (χ4v) is 4.17. The molecule has 3 N–H and O–H groups in total. The standard InChI is InChI=1S/C26H25N5O4/c32-25(29-34)19-6-4-18(5-7-19)17-31(26(33)30-10-12-35-13-11-30)23-3-1-2-20(14-23)21-8-9-22-16-27-28-24(22)15-21/h1-9,14-16,34H,10-13,17H2,(H,27,28)(H,29,32). The number of H-pyrrole nitrogens is 1. The maximum atomic E-state index is 13.6. The number of urea groups is 1. The highest BCUT2D eigenvalue weighted by atomic mass is 16.5. The van der Waals surface area contributed by atoms with Crippen LogP contribution in [0.15, 0.2) is 72.9 Å². The average Bonchev–Trinajstić information content (AvgIpc) is 3.40. The molecular weight excluding hydrogens is 446 g/mol. The zero-order chi connectivity index (χ0) is 24.2. The molecule has 1 aliphatic rings. The minimum Gasteiger partial charge on any atom is -0.378 e. The largest absolute Gasteiger partial charge is 0.378 e. The number of aromatic nitrogens is 2. The Balaban J connectivity index is 1.47. The number of carbonyl (C=O) groups excluding carboxylic acids is 2. The summed E-state index contributed by atoms with van der Waals surface area (Å²) in [6.45, 7) is 2.39. The number of anilines is 1. The lowest BCUT2D eigenvalue weighted by atomic mass is 10.0. The van der Waals surface area contributed by atoms with E-state index >= 15 is 0 Å². The minimum absolute atomic E-state index is 0.105. The number of ether oxygens (including phenoxy) is 1. The van der Waals surface area contributed by atoms with Crippen LogP contribution in [-0.4, -0.2) is 58.5 Å². The van der Waals surface area contributed by atoms with Crippen LogP contribution in [0.5, 0.6) is 0 Å². The number of morpholine rings is 1. The molecule has 2 heterocycles. The summed E-state index contributed by atoms with van der Waals surface area (Å²) in [4.78, 5) is 28.8. The number of nitrogens with zero attached hydrogens (tertiary/aromatic N) is 3. The quantitative estimate of drug-likeness (QED) is 0.303. The van der Waals surface area contributed by atoms with Gasteiger partial charge in [-0.3, -0.25) is 20.0 Å². The van der Waals surface area contributed by atoms with E-state index in [1.54, 1.807) is 45.7 Å². The summed E-state index contributed by atoms with van der Waals surface area (Å²) in [7, 11) is 0. The van der Waals surface area contributed by atoms with Gasteiger partial charge in [-0.25, -0.2) is 10.3 Å². The van der Waals surface area contributed by atoms with E-state index in [2.05, 4.69) is 10.2 Å². The van der Waals surface area contributed by atoms with Crippen LogP contribution in [0.25, 0.3) is 22.0 Å². The van der Waals surface area contributed by atoms with Gasteiger partial charge in [0.1, 0.15) is 0 Å². The van der Waals surface area contributed by atoms with Crippen molar-refractivity contribution in [2.24, 2.45) is 0 Å². The van der Waals surface area contributed by atoms with Crippen LogP contribution >= 0.6 is 0 Å². The van der Waals surface area contributed by atoms with Gasteiger partial charge in [-0.1, -0.05) is 36.4 Å². The number of benzene rings is 3. The molecule has 0 radical (unpaired) electrons. The van der Waals surface area contributed by atoms with Crippen LogP contribution in [0.4, 0.5) is 10.5 Å². The Labute approximate surface area is 201 Å². The van der Waals surface area contributed by atoms with Crippen molar-refractivity contribution in [2.45, 2.75) is 6.54 Å². The lowest BCUT2D eigenvalue weighted by molar-refractivity contribution is 0.0548. The van der Waals surface area contributed by atoms with Gasteiger partial charge in [-0.05, 0) is 47.0 Å². The molecule has 9 heteroatoms. The van der Waals surface area contributed by atoms with E-state index in [9.17, 15) is 9.59 Å². The number of fused-ring (bicyclic) bond motifs is 1. The summed E-state index contributed by atoms with van der Waals surface area (Å²) in [6, 6.07) is 20.7. The summed E-state index contributed by atoms with van der Waals surface area (Å²) in [5.41, 5.74) is 6.52. The number of nitrogens with one attached hydrogen (secondary N) is 2. The highest BCUT2D eigenvalue weighted by molar-refractivity contribution is 5.94. The molecule has 3 aromatic carbocycles. The summed E-state index contributed by atoms with van der Waals surface area (Å²) in [5, 5.41) is 17.0. The van der Waals surface area contributed by atoms with Crippen LogP contribution in [0, 0.1) is 0 Å². The maximum absolute atomic E-state index is 13.6. The van der Waals surface area contributed by atoms with E-state index in [1.165, 1.54) is 0 Å². The average molecular weight is 472 g/mol. The van der Waals surface area contributed by atoms with Crippen LogP contribution in [-0.2, 0) is 11.3 Å². The predicted octanol–water partition coefficient (Wildman–Crippen LogP) is 3.81. The molecule has 0 atom stereocenters. The third kappa shape index (κ3) is 4.86. The van der Waals surface area contributed by atoms with Gasteiger partial charge in [0, 0.05) is 29.7 Å². The zero-order valence-electron chi connectivity index (χ0n) is 19.0. The van der Waals surface area contributed by atoms with Crippen molar-refractivity contribution in [3.63, 3.8) is 0 Å². The van der Waals surface area contributed by atoms with E-state index in [0.717, 1.165) is 33.3 Å². The highest BCUT2D eigenvalue weighted by Crippen LogP contribution is 2.29. The van der Waals surface area contributed by atoms with Gasteiger partial charge in [-0.15, -0.1) is 0 Å². The molecule has 178 valence electrons. The Morgan fingerprint density at radius 2 is 1.80 bits per heavy atom. The molecule has 3 amide bonds. The summed E-state index contributed by atoms with van der Waals surface area (Å²) >= 11 is 0. The Bertz CT molecular complexity index is 1350. The second-order valence-corrected chi connectivity index (χ2v) is 8.33. The Kier molecular flexibility index (Phi) is 6.42. The summed E-state index contributed by atoms with van der Waals surface area (Å²) in [6.07, 6.45) is 1.79. The molecule has 1 aliphatic heterocycles. The molecule has 0 bridgehead atoms. The molecular formula is C26H25N5O4. The minimum atomic E-state index is -0.584. The number of rotatable bonds is 5. The normalized spacial score (nSPS) is 13.6. The van der Waals surface area contributed by atoms with E-state index in [1.807, 2.05) is 42.5 Å². The van der Waals surface area contributed by atoms with E-state index in [0.29, 0.717) is 38.4 Å². The first-order valence-corrected chi connectivity index (χ1v) is 11.3. The van der Waals surface area contributed by atoms with Gasteiger partial charge in [0.05, 0.1) is 31.5 Å². The Morgan fingerprint density at radius 1 is 1.03 bits per heavy atom. The molecule has 35 heavy (non-hydrogen) atoms. The fraction of sp³-hybridized carbons (Fsp3) is 0.192. The van der Waals surface area contributed by atoms with E-state index in [4.69, 9.17) is 9.94 Å². The molecule has 4 aromatic rings. The van der Waals surface area contributed by atoms with Gasteiger partial charge in [0.15, 0.2) is 0 Å². The van der Waals surface area contributed by atoms with Crippen LogP contribution in [0.1, 0.15) is 15.9 Å². The molecule has 0 unspecified atom stereocenters. The second-order valence-electron chi connectivity index (χ2n) is 8.33. The smallest absolute Gasteiger partial charge is 0.324 e. The van der Waals surface area contributed by atoms with Crippen molar-refractivity contribution in [1.82, 2.24) is 20.6 Å². The van der Waals surface area contributed by atoms with Crippen LogP contribution < -0.4 is 10.4 Å². The molecule has 1 fully saturated rings. The van der Waals surface area contributed by atoms with Crippen molar-refractivity contribution < 1.29 is 19.5 Å². The first-order valence-electron chi connectivity index (χ1n) is 11.3. The topological polar surface area (TPSA) is 111 Å². The summed E-state index contributed by atoms with van der Waals surface area (Å²) < 4.78 is 5.43. The molecule has 1 aromatic heterocycles. The molecule has 0 spiro atoms. The van der Waals surface area contributed by atoms with E-state index in [-0.39, 0.29) is 6.03 Å². The summed E-state index contributed by atoms with van der Waals surface area (Å²) in [5.74, 6) is -0.584. The fourth-order valence-electron chi connectivity index (χ4n) is 4.17. The first-order chi connectivity index (χ1) is 17.1. The lowest BCUT2D eigenvalue weighted by Gasteiger charge is -2.33. The zero-order valence-corrected chi connectivity index (χ0v) is 19.0. The SMILES string of the molecule is O=C(NO)c1ccc(CN(C(=O)N2CCOCC2)c2cccc(-c3ccc4cn[nH]c4c3)c2)cc1. The maximum Gasteiger partial charge on any atom is 0.324 e. The first kappa shape index (κ1) is 22.6. The van der Waals surface area contributed by atoms with Gasteiger partial charge < -0.3 is 9.64 Å². The third-order valence-electron chi connectivity index (χ3n) is 6.10. The molecule has 1 saturated heterocycles. The molecule has 0 aliphatic carbocycles. The number of hydroxylamine groups is 1. The molecule has 5 rings (SSSR count). The van der Waals surface area contributed by atoms with Crippen molar-refractivity contribution >= 4 is 28.5 Å². The van der Waals surface area contributed by atoms with Gasteiger partial charge in [0.2, 0.25) is 0 Å². The third-order valence-corrected chi connectivity index (χ3v) is 6.10. The Hall–Kier alpha value is -4.21. The van der Waals surface area contributed by atoms with Gasteiger partial charge in [-0.2, -0.15) is 5.10 Å². The van der Waals surface area contributed by atoms with Gasteiger partial charge >= 0.3 is 6.03 Å². The van der Waals surface area contributed by atoms with Gasteiger partial charge in [0.25, 0.3) is 5.91 Å². The number of carbonyl (C=O) groups is 2. The highest BCUT2D eigenvalue weighted by Gasteiger charge is 2.25. The molecule has 9 nitrogen and oxygen atoms in total. The molecule has 0 saturated carbocycles. The number of aromatic amines is 1. The Morgan fingerprint density at radius 3 is 2.57 bits per heavy atom. The lowest BCUT2D eigenvalue weighted by Crippen LogP contribution is -2.48. The second kappa shape index (κ2) is 9.96. The van der Waals surface area contributed by atoms with Crippen molar-refractivity contribution in [3.8, 4) is 11.1 Å². The van der Waals surface area contributed by atoms with E-state index < -0.39 is 5.91 Å². The van der Waals surface area contributed by atoms with Crippen molar-refractivity contribution in [1.29, 1.82) is 0 Å². The number of hydrogen-bond acceptors (Lipinski definition) is 5. The van der Waals surface area contributed by atoms with Crippen molar-refractivity contribution in [2.75, 3.05) is 31.2 Å². The van der Waals surface area contributed by atoms with Crippen LogP contribution in [0.3, 0.4) is 0 Å². The predicted molar refractivity (Wildman–Crippen MR) is 131 cm³/mol.